The van der Waals surface area contributed by atoms with Gasteiger partial charge in [0.1, 0.15) is 54.4 Å². The summed E-state index contributed by atoms with van der Waals surface area (Å²) in [6, 6.07) is 93.1. The Morgan fingerprint density at radius 1 is 0.164 bits per heavy atom. The van der Waals surface area contributed by atoms with Gasteiger partial charge in [-0.25, -0.2) is 54.8 Å². The summed E-state index contributed by atoms with van der Waals surface area (Å²) in [6.07, 6.45) is 21.0. The molecule has 24 aromatic heterocycles. The molecule has 0 aliphatic rings. The molecule has 24 rings (SSSR count). The fourth-order valence-corrected chi connectivity index (χ4v) is 29.5. The highest BCUT2D eigenvalue weighted by molar-refractivity contribution is 7.27. The van der Waals surface area contributed by atoms with Crippen LogP contribution in [0.25, 0.3) is 208 Å². The molecule has 0 radical (unpaired) electrons. The molecule has 24 heterocycles. The molecular weight excluding hydrogens is 2030 g/mol. The largest absolute Gasteiger partial charge is 0.246 e. The maximum absolute atomic E-state index is 4.89. The molecule has 0 aliphatic heterocycles. The van der Waals surface area contributed by atoms with E-state index >= 15 is 0 Å². The summed E-state index contributed by atoms with van der Waals surface area (Å²) in [4.78, 5) is 81.4. The fraction of sp³-hybridized carbons (Fsp3) is 0.110. The van der Waals surface area contributed by atoms with Crippen LogP contribution in [0.5, 0.6) is 0 Å². The van der Waals surface area contributed by atoms with E-state index in [9.17, 15) is 0 Å². The molecule has 31 heteroatoms. The number of pyridine rings is 1. The van der Waals surface area contributed by atoms with Crippen molar-refractivity contribution in [1.82, 2.24) is 75.2 Å². The highest BCUT2D eigenvalue weighted by Crippen LogP contribution is 2.47. The van der Waals surface area contributed by atoms with E-state index in [1.54, 1.807) is 190 Å². The first-order chi connectivity index (χ1) is 69.2. The van der Waals surface area contributed by atoms with Crippen molar-refractivity contribution < 1.29 is 0 Å². The minimum atomic E-state index is 0.897. The number of thiophene rings is 16. The van der Waals surface area contributed by atoms with Crippen LogP contribution in [-0.2, 0) is 12.8 Å². The van der Waals surface area contributed by atoms with Crippen molar-refractivity contribution in [3.8, 4) is 208 Å². The molecule has 0 saturated heterocycles. The van der Waals surface area contributed by atoms with Crippen LogP contribution in [0.4, 0.5) is 0 Å². The van der Waals surface area contributed by atoms with Crippen LogP contribution in [0.15, 0.2) is 331 Å². The van der Waals surface area contributed by atoms with Gasteiger partial charge in [0.15, 0.2) is 0 Å². The second kappa shape index (κ2) is 45.7. The lowest BCUT2D eigenvalue weighted by atomic mass is 10.1. The molecule has 0 bridgehead atoms. The Kier molecular flexibility index (Phi) is 30.7. The van der Waals surface area contributed by atoms with Crippen LogP contribution < -0.4 is 0 Å². The van der Waals surface area contributed by atoms with E-state index in [4.69, 9.17) is 4.98 Å². The van der Waals surface area contributed by atoms with Crippen LogP contribution >= 0.6 is 181 Å². The van der Waals surface area contributed by atoms with Crippen LogP contribution in [-0.4, -0.2) is 75.2 Å². The lowest BCUT2D eigenvalue weighted by Gasteiger charge is -2.01. The summed E-state index contributed by atoms with van der Waals surface area (Å²) in [7, 11) is 0. The zero-order valence-corrected chi connectivity index (χ0v) is 88.1. The standard InChI is InChI=1S/C36H38N4S4.C25H15N3S4.2C24H14N4S4/c1-3-5-7-9-11-25-13-15-31(41-25)27-21-29(39-23-37-27)33-17-19-35(43-33)36-20-18-34(44-36)30-22-28(38-24-40-30)32-16-14-26(42-32)12-10-8-6-4-2;1-4-16(20-6-2-12-29-20)28-17(5-1)22-8-10-24(31-22)25-11-9-23(32-25)19-14-18(26-15-27-19)21-7-3-13-30-21;1-3-19(29-13-1)15-5-7-17(27-25-15)21-9-11-23(31-21)24-12-10-22(32-24)18-8-6-16(26-28-18)20-4-2-14-30-20;1-3-19(29-9-1)15-11-17(27-13-25-15)21-5-7-23(31-21)24-8-6-22(32-24)18-12-16(26-14-28-18)20-4-2-10-30-20/h13-24H,3-12H2,1-2H3;1-15H;2*1-14H. The maximum atomic E-state index is 4.89. The molecule has 0 aliphatic carbocycles. The Morgan fingerprint density at radius 3 is 0.607 bits per heavy atom. The average molecular weight is 2110 g/mol. The van der Waals surface area contributed by atoms with Crippen molar-refractivity contribution in [2.75, 3.05) is 0 Å². The summed E-state index contributed by atoms with van der Waals surface area (Å²) in [5.74, 6) is 0. The monoisotopic (exact) mass is 2110 g/mol. The highest BCUT2D eigenvalue weighted by atomic mass is 32.2. The molecule has 0 N–H and O–H groups in total. The van der Waals surface area contributed by atoms with Gasteiger partial charge in [0.25, 0.3) is 0 Å². The Labute approximate surface area is 874 Å². The van der Waals surface area contributed by atoms with E-state index in [0.29, 0.717) is 0 Å². The van der Waals surface area contributed by atoms with E-state index in [-0.39, 0.29) is 0 Å². The van der Waals surface area contributed by atoms with Gasteiger partial charge in [0.05, 0.1) is 146 Å². The minimum absolute atomic E-state index is 0.897. The van der Waals surface area contributed by atoms with Gasteiger partial charge in [0, 0.05) is 48.8 Å². The molecule has 0 amide bonds. The third-order valence-corrected chi connectivity index (χ3v) is 39.6. The number of rotatable bonds is 30. The highest BCUT2D eigenvalue weighted by Gasteiger charge is 2.21. The van der Waals surface area contributed by atoms with Crippen LogP contribution in [0.3, 0.4) is 0 Å². The zero-order valence-electron chi connectivity index (χ0n) is 75.1. The normalized spacial score (nSPS) is 11.2. The smallest absolute Gasteiger partial charge is 0.116 e. The van der Waals surface area contributed by atoms with Crippen LogP contribution in [0.2, 0.25) is 0 Å². The molecule has 140 heavy (non-hydrogen) atoms. The van der Waals surface area contributed by atoms with Gasteiger partial charge >= 0.3 is 0 Å². The number of hydrogen-bond donors (Lipinski definition) is 0. The molecule has 0 aromatic carbocycles. The maximum Gasteiger partial charge on any atom is 0.116 e. The SMILES string of the molecule is CCCCCCc1ccc(-c2cc(-c3ccc(-c4ccc(-c5cc(-c6ccc(CCCCCC)s6)ncn5)s4)s3)ncn2)s1.c1cc(-c2cccs2)nc(-c2ccc(-c3ccc(-c4cc(-c5cccs5)ncn4)s3)s2)c1.c1csc(-c2cc(-c3ccc(-c4ccc(-c5cc(-c6cccs6)ncn5)s4)s3)ncn2)c1.c1csc(-c2ccc(-c3ccc(-c4ccc(-c5ccc(-c6cccs6)nn5)s4)s3)nn2)c1. The quantitative estimate of drug-likeness (QED) is 0.0386. The van der Waals surface area contributed by atoms with Crippen molar-refractivity contribution in [3.05, 3.63) is 341 Å². The summed E-state index contributed by atoms with van der Waals surface area (Å²) in [6.45, 7) is 4.52. The van der Waals surface area contributed by atoms with Gasteiger partial charge in [-0.2, -0.15) is 0 Å². The van der Waals surface area contributed by atoms with E-state index in [0.717, 1.165) is 162 Å². The van der Waals surface area contributed by atoms with Gasteiger partial charge in [-0.15, -0.1) is 202 Å². The van der Waals surface area contributed by atoms with Gasteiger partial charge < -0.3 is 0 Å². The number of nitrogens with zero attached hydrogens (tertiary/aromatic N) is 15. The van der Waals surface area contributed by atoms with Crippen LogP contribution in [0.1, 0.15) is 75.0 Å². The van der Waals surface area contributed by atoms with Gasteiger partial charge in [-0.1, -0.05) is 94.8 Å². The van der Waals surface area contributed by atoms with Crippen molar-refractivity contribution >= 4 is 181 Å². The summed E-state index contributed by atoms with van der Waals surface area (Å²) in [5, 5.41) is 30.1. The van der Waals surface area contributed by atoms with E-state index in [1.807, 2.05) is 77.3 Å². The first kappa shape index (κ1) is 94.2. The summed E-state index contributed by atoms with van der Waals surface area (Å²) in [5.41, 5.74) is 15.4. The second-order valence-electron chi connectivity index (χ2n) is 31.8. The van der Waals surface area contributed by atoms with Gasteiger partial charge in [0.2, 0.25) is 0 Å². The Hall–Kier alpha value is -12.1. The molecule has 24 aromatic rings. The Balaban J connectivity index is 0.000000112. The predicted octanol–water partition coefficient (Wildman–Crippen LogP) is 36.2. The minimum Gasteiger partial charge on any atom is -0.246 e. The van der Waals surface area contributed by atoms with Crippen molar-refractivity contribution in [2.24, 2.45) is 0 Å². The first-order valence-electron chi connectivity index (χ1n) is 45.2. The zero-order chi connectivity index (χ0) is 94.1. The van der Waals surface area contributed by atoms with Crippen molar-refractivity contribution in [2.45, 2.75) is 78.1 Å². The molecule has 0 unspecified atom stereocenters. The van der Waals surface area contributed by atoms with Crippen molar-refractivity contribution in [1.29, 1.82) is 0 Å². The summed E-state index contributed by atoms with van der Waals surface area (Å²) < 4.78 is 0. The van der Waals surface area contributed by atoms with Gasteiger partial charge in [-0.3, -0.25) is 0 Å². The molecular formula is C109H81N15S16. The number of hydrogen-bond acceptors (Lipinski definition) is 31. The van der Waals surface area contributed by atoms with Crippen LogP contribution in [0, 0.1) is 0 Å². The Morgan fingerprint density at radius 2 is 0.364 bits per heavy atom. The molecule has 0 fully saturated rings. The topological polar surface area (TPSA) is 193 Å². The average Bonchev–Trinajstić information content (AvgIpc) is 1.67. The molecule has 688 valence electrons. The third kappa shape index (κ3) is 23.1. The molecule has 0 spiro atoms. The molecule has 0 atom stereocenters. The Bertz CT molecular complexity index is 7360. The van der Waals surface area contributed by atoms with Gasteiger partial charge in [-0.05, 0) is 282 Å². The molecule has 15 nitrogen and oxygen atoms in total. The number of aryl methyl sites for hydroxylation is 2. The number of unbranched alkanes of at least 4 members (excludes halogenated alkanes) is 6. The lowest BCUT2D eigenvalue weighted by molar-refractivity contribution is 0.670. The van der Waals surface area contributed by atoms with E-state index in [2.05, 4.69) is 329 Å². The first-order valence-corrected chi connectivity index (χ1v) is 58.6. The number of aromatic nitrogens is 15. The van der Waals surface area contributed by atoms with Crippen molar-refractivity contribution in [3.63, 3.8) is 0 Å². The second-order valence-corrected chi connectivity index (χ2v) is 48.5. The molecule has 0 saturated carbocycles. The summed E-state index contributed by atoms with van der Waals surface area (Å²) >= 11 is 27.9. The third-order valence-electron chi connectivity index (χ3n) is 22.3. The van der Waals surface area contributed by atoms with E-state index < -0.39 is 0 Å². The lowest BCUT2D eigenvalue weighted by Crippen LogP contribution is -1.87. The predicted molar refractivity (Wildman–Crippen MR) is 603 cm³/mol. The fourth-order valence-electron chi connectivity index (χ4n) is 15.2. The van der Waals surface area contributed by atoms with E-state index in [1.165, 1.54) is 120 Å².